The predicted octanol–water partition coefficient (Wildman–Crippen LogP) is 2.16. The Hall–Kier alpha value is -2.81. The number of ether oxygens (including phenoxy) is 2. The van der Waals surface area contributed by atoms with Gasteiger partial charge in [0.05, 0.1) is 25.6 Å². The van der Waals surface area contributed by atoms with Gasteiger partial charge in [0.25, 0.3) is 5.56 Å². The lowest BCUT2D eigenvalue weighted by atomic mass is 10.3. The van der Waals surface area contributed by atoms with Crippen molar-refractivity contribution in [3.8, 4) is 11.4 Å². The number of hydrogen-bond donors (Lipinski definition) is 1. The highest BCUT2D eigenvalue weighted by atomic mass is 32.2. The summed E-state index contributed by atoms with van der Waals surface area (Å²) in [6.45, 7) is 3.75. The Morgan fingerprint density at radius 1 is 1.35 bits per heavy atom. The maximum absolute atomic E-state index is 12.3. The van der Waals surface area contributed by atoms with Crippen LogP contribution < -0.4 is 10.3 Å². The number of H-pyrrole nitrogens is 1. The Labute approximate surface area is 153 Å². The summed E-state index contributed by atoms with van der Waals surface area (Å²) in [5.41, 5.74) is 0.846. The number of methoxy groups -OCH3 is 1. The minimum Gasteiger partial charge on any atom is -0.497 e. The molecule has 3 rings (SSSR count). The summed E-state index contributed by atoms with van der Waals surface area (Å²) in [7, 11) is 1.59. The first-order valence-corrected chi connectivity index (χ1v) is 8.87. The highest BCUT2D eigenvalue weighted by molar-refractivity contribution is 8.00. The van der Waals surface area contributed by atoms with E-state index in [0.29, 0.717) is 22.8 Å². The Bertz CT molecular complexity index is 981. The van der Waals surface area contributed by atoms with Crippen molar-refractivity contribution in [1.82, 2.24) is 19.7 Å². The van der Waals surface area contributed by atoms with Crippen LogP contribution in [0.15, 0.2) is 40.4 Å². The minimum atomic E-state index is -0.493. The fourth-order valence-electron chi connectivity index (χ4n) is 2.34. The van der Waals surface area contributed by atoms with Gasteiger partial charge in [-0.2, -0.15) is 5.10 Å². The van der Waals surface area contributed by atoms with Crippen LogP contribution in [0.2, 0.25) is 0 Å². The second-order valence-electron chi connectivity index (χ2n) is 5.37. The molecular formula is C17H18N4O4S. The summed E-state index contributed by atoms with van der Waals surface area (Å²) in [6.07, 6.45) is 1.47. The van der Waals surface area contributed by atoms with Gasteiger partial charge in [0.2, 0.25) is 0 Å². The van der Waals surface area contributed by atoms with Crippen molar-refractivity contribution < 1.29 is 14.3 Å². The van der Waals surface area contributed by atoms with Gasteiger partial charge in [-0.25, -0.2) is 9.67 Å². The van der Waals surface area contributed by atoms with Gasteiger partial charge >= 0.3 is 5.97 Å². The summed E-state index contributed by atoms with van der Waals surface area (Å²) in [4.78, 5) is 31.3. The first-order valence-electron chi connectivity index (χ1n) is 7.99. The molecule has 0 fully saturated rings. The zero-order chi connectivity index (χ0) is 18.7. The number of nitrogens with zero attached hydrogens (tertiary/aromatic N) is 3. The number of fused-ring (bicyclic) bond motifs is 1. The van der Waals surface area contributed by atoms with E-state index >= 15 is 0 Å². The summed E-state index contributed by atoms with van der Waals surface area (Å²) in [5, 5.41) is 4.47. The monoisotopic (exact) mass is 374 g/mol. The van der Waals surface area contributed by atoms with E-state index in [-0.39, 0.29) is 11.5 Å². The lowest BCUT2D eigenvalue weighted by molar-refractivity contribution is -0.142. The van der Waals surface area contributed by atoms with Gasteiger partial charge < -0.3 is 14.5 Å². The number of carbonyl (C=O) groups excluding carboxylic acids is 1. The molecule has 0 amide bonds. The van der Waals surface area contributed by atoms with Crippen LogP contribution in [-0.2, 0) is 9.53 Å². The molecule has 9 heteroatoms. The third kappa shape index (κ3) is 3.57. The number of hydrogen-bond acceptors (Lipinski definition) is 7. The number of aromatic amines is 1. The van der Waals surface area contributed by atoms with E-state index in [1.165, 1.54) is 6.20 Å². The third-order valence-corrected chi connectivity index (χ3v) is 4.60. The molecule has 2 aromatic heterocycles. The van der Waals surface area contributed by atoms with E-state index in [4.69, 9.17) is 9.47 Å². The zero-order valence-electron chi connectivity index (χ0n) is 14.6. The topological polar surface area (TPSA) is 99.1 Å². The van der Waals surface area contributed by atoms with E-state index in [1.807, 2.05) is 12.1 Å². The molecule has 1 aromatic carbocycles. The zero-order valence-corrected chi connectivity index (χ0v) is 15.4. The van der Waals surface area contributed by atoms with E-state index in [9.17, 15) is 9.59 Å². The van der Waals surface area contributed by atoms with E-state index in [0.717, 1.165) is 23.2 Å². The molecule has 3 aromatic rings. The molecule has 1 atom stereocenters. The lowest BCUT2D eigenvalue weighted by Crippen LogP contribution is -2.18. The molecule has 2 heterocycles. The number of thioether (sulfide) groups is 1. The standard InChI is InChI=1S/C17H18N4O4S/c1-4-25-16(23)10(2)26-17-19-14-13(15(22)20-17)9-18-21(14)11-5-7-12(24-3)8-6-11/h5-10H,4H2,1-3H3,(H,19,20,22). The van der Waals surface area contributed by atoms with Gasteiger partial charge in [0.1, 0.15) is 16.4 Å². The number of aromatic nitrogens is 4. The van der Waals surface area contributed by atoms with Crippen LogP contribution in [-0.4, -0.2) is 44.7 Å². The molecule has 0 aliphatic heterocycles. The molecule has 0 aliphatic carbocycles. The molecule has 0 spiro atoms. The Morgan fingerprint density at radius 3 is 2.73 bits per heavy atom. The van der Waals surface area contributed by atoms with Crippen molar-refractivity contribution >= 4 is 28.8 Å². The van der Waals surface area contributed by atoms with Crippen LogP contribution in [0, 0.1) is 0 Å². The maximum atomic E-state index is 12.3. The van der Waals surface area contributed by atoms with Crippen molar-refractivity contribution in [2.24, 2.45) is 0 Å². The molecular weight excluding hydrogens is 356 g/mol. The average molecular weight is 374 g/mol. The largest absolute Gasteiger partial charge is 0.497 e. The Balaban J connectivity index is 1.98. The SMILES string of the molecule is CCOC(=O)C(C)Sc1nc2c(cnn2-c2ccc(OC)cc2)c(=O)[nH]1. The molecule has 0 saturated carbocycles. The highest BCUT2D eigenvalue weighted by Crippen LogP contribution is 2.22. The number of carbonyl (C=O) groups is 1. The molecule has 26 heavy (non-hydrogen) atoms. The van der Waals surface area contributed by atoms with Crippen LogP contribution in [0.5, 0.6) is 5.75 Å². The molecule has 0 radical (unpaired) electrons. The Morgan fingerprint density at radius 2 is 2.08 bits per heavy atom. The van der Waals surface area contributed by atoms with Crippen LogP contribution in [0.3, 0.4) is 0 Å². The van der Waals surface area contributed by atoms with Crippen molar-refractivity contribution in [3.63, 3.8) is 0 Å². The van der Waals surface area contributed by atoms with Gasteiger partial charge in [-0.05, 0) is 38.1 Å². The summed E-state index contributed by atoms with van der Waals surface area (Å²) in [6, 6.07) is 7.24. The molecule has 1 unspecified atom stereocenters. The third-order valence-electron chi connectivity index (χ3n) is 3.64. The molecule has 8 nitrogen and oxygen atoms in total. The molecule has 0 aliphatic rings. The summed E-state index contributed by atoms with van der Waals surface area (Å²) < 4.78 is 11.7. The van der Waals surface area contributed by atoms with Crippen molar-refractivity contribution in [2.75, 3.05) is 13.7 Å². The fourth-order valence-corrected chi connectivity index (χ4v) is 3.13. The van der Waals surface area contributed by atoms with Gasteiger partial charge in [-0.15, -0.1) is 0 Å². The van der Waals surface area contributed by atoms with Gasteiger partial charge in [0.15, 0.2) is 10.8 Å². The van der Waals surface area contributed by atoms with E-state index in [2.05, 4.69) is 15.1 Å². The van der Waals surface area contributed by atoms with Crippen molar-refractivity contribution in [1.29, 1.82) is 0 Å². The first kappa shape index (κ1) is 18.0. The van der Waals surface area contributed by atoms with Gasteiger partial charge in [-0.3, -0.25) is 9.59 Å². The predicted molar refractivity (Wildman–Crippen MR) is 98.0 cm³/mol. The second kappa shape index (κ2) is 7.61. The number of nitrogens with one attached hydrogen (secondary N) is 1. The number of benzene rings is 1. The molecule has 0 bridgehead atoms. The van der Waals surface area contributed by atoms with E-state index in [1.54, 1.807) is 37.8 Å². The minimum absolute atomic E-state index is 0.303. The van der Waals surface area contributed by atoms with Crippen molar-refractivity contribution in [3.05, 3.63) is 40.8 Å². The van der Waals surface area contributed by atoms with E-state index < -0.39 is 5.25 Å². The maximum Gasteiger partial charge on any atom is 0.319 e. The summed E-state index contributed by atoms with van der Waals surface area (Å²) >= 11 is 1.13. The summed E-state index contributed by atoms with van der Waals surface area (Å²) in [5.74, 6) is 0.361. The molecule has 136 valence electrons. The van der Waals surface area contributed by atoms with Crippen LogP contribution >= 0.6 is 11.8 Å². The van der Waals surface area contributed by atoms with Crippen LogP contribution in [0.1, 0.15) is 13.8 Å². The van der Waals surface area contributed by atoms with Gasteiger partial charge in [-0.1, -0.05) is 11.8 Å². The molecule has 0 saturated heterocycles. The smallest absolute Gasteiger partial charge is 0.319 e. The molecule has 1 N–H and O–H groups in total. The number of esters is 1. The van der Waals surface area contributed by atoms with Gasteiger partial charge in [0, 0.05) is 0 Å². The van der Waals surface area contributed by atoms with Crippen molar-refractivity contribution in [2.45, 2.75) is 24.3 Å². The van der Waals surface area contributed by atoms with Crippen LogP contribution in [0.25, 0.3) is 16.7 Å². The second-order valence-corrected chi connectivity index (χ2v) is 6.70. The number of rotatable bonds is 6. The quantitative estimate of drug-likeness (QED) is 0.401. The Kier molecular flexibility index (Phi) is 5.27. The van der Waals surface area contributed by atoms with Crippen LogP contribution in [0.4, 0.5) is 0 Å². The normalized spacial score (nSPS) is 12.1. The average Bonchev–Trinajstić information content (AvgIpc) is 3.06. The highest BCUT2D eigenvalue weighted by Gasteiger charge is 2.19. The fraction of sp³-hybridized carbons (Fsp3) is 0.294. The first-order chi connectivity index (χ1) is 12.5. The lowest BCUT2D eigenvalue weighted by Gasteiger charge is -2.09.